The van der Waals surface area contributed by atoms with Crippen molar-refractivity contribution < 1.29 is 24.5 Å². The van der Waals surface area contributed by atoms with Gasteiger partial charge in [-0.2, -0.15) is 4.99 Å². The van der Waals surface area contributed by atoms with Crippen molar-refractivity contribution in [2.75, 3.05) is 0 Å². The second-order valence-corrected chi connectivity index (χ2v) is 2.24. The van der Waals surface area contributed by atoms with E-state index in [0.29, 0.717) is 0 Å². The van der Waals surface area contributed by atoms with E-state index < -0.39 is 24.4 Å². The molecule has 12 heavy (non-hydrogen) atoms. The average molecular weight is 173 g/mol. The largest absolute Gasteiger partial charge is 0.438 e. The number of hydrogen-bond donors (Lipinski definition) is 2. The number of aliphatic hydroxyl groups is 2. The molecule has 1 aliphatic heterocycles. The minimum Gasteiger partial charge on any atom is -0.438 e. The Bertz CT molecular complexity index is 226. The summed E-state index contributed by atoms with van der Waals surface area (Å²) < 4.78 is 4.38. The molecular formula is C6H7NO5. The Balaban J connectivity index is 2.71. The van der Waals surface area contributed by atoms with Gasteiger partial charge in [-0.3, -0.25) is 0 Å². The van der Waals surface area contributed by atoms with Gasteiger partial charge in [0.25, 0.3) is 0 Å². The number of aldehydes is 1. The SMILES string of the molecule is O=CC(O)C1OC(=O)N=CC1O. The first-order valence-corrected chi connectivity index (χ1v) is 3.21. The number of ether oxygens (including phenoxy) is 1. The summed E-state index contributed by atoms with van der Waals surface area (Å²) in [7, 11) is 0. The van der Waals surface area contributed by atoms with Gasteiger partial charge in [0.1, 0.15) is 12.2 Å². The molecule has 1 aliphatic rings. The van der Waals surface area contributed by atoms with Gasteiger partial charge in [-0.15, -0.1) is 0 Å². The summed E-state index contributed by atoms with van der Waals surface area (Å²) in [6, 6.07) is 0. The normalized spacial score (nSPS) is 31.0. The van der Waals surface area contributed by atoms with E-state index >= 15 is 0 Å². The first kappa shape index (κ1) is 8.82. The first-order valence-electron chi connectivity index (χ1n) is 3.21. The van der Waals surface area contributed by atoms with E-state index in [1.807, 2.05) is 0 Å². The third-order valence-corrected chi connectivity index (χ3v) is 1.38. The number of amides is 1. The summed E-state index contributed by atoms with van der Waals surface area (Å²) in [6.07, 6.45) is -3.82. The van der Waals surface area contributed by atoms with E-state index in [4.69, 9.17) is 10.2 Å². The molecule has 2 N–H and O–H groups in total. The zero-order valence-electron chi connectivity index (χ0n) is 5.95. The summed E-state index contributed by atoms with van der Waals surface area (Å²) in [6.45, 7) is 0. The molecule has 1 heterocycles. The topological polar surface area (TPSA) is 96.2 Å². The molecular weight excluding hydrogens is 166 g/mol. The Morgan fingerprint density at radius 3 is 3.00 bits per heavy atom. The fourth-order valence-electron chi connectivity index (χ4n) is 0.788. The predicted octanol–water partition coefficient (Wildman–Crippen LogP) is -1.50. The number of carbonyl (C=O) groups is 2. The van der Waals surface area contributed by atoms with Crippen LogP contribution in [0.15, 0.2) is 4.99 Å². The molecule has 0 aromatic carbocycles. The van der Waals surface area contributed by atoms with Gasteiger partial charge in [-0.1, -0.05) is 0 Å². The van der Waals surface area contributed by atoms with Crippen LogP contribution in [0.25, 0.3) is 0 Å². The molecule has 66 valence electrons. The van der Waals surface area contributed by atoms with Crippen molar-refractivity contribution in [3.63, 3.8) is 0 Å². The lowest BCUT2D eigenvalue weighted by atomic mass is 10.1. The molecule has 0 fully saturated rings. The maximum atomic E-state index is 10.5. The van der Waals surface area contributed by atoms with Crippen LogP contribution in [-0.4, -0.2) is 47.1 Å². The lowest BCUT2D eigenvalue weighted by molar-refractivity contribution is -0.123. The molecule has 0 aliphatic carbocycles. The molecule has 0 spiro atoms. The van der Waals surface area contributed by atoms with Crippen LogP contribution >= 0.6 is 0 Å². The number of aliphatic hydroxyl groups excluding tert-OH is 2. The molecule has 3 unspecified atom stereocenters. The van der Waals surface area contributed by atoms with E-state index in [2.05, 4.69) is 9.73 Å². The predicted molar refractivity (Wildman–Crippen MR) is 36.8 cm³/mol. The van der Waals surface area contributed by atoms with Crippen molar-refractivity contribution in [2.24, 2.45) is 4.99 Å². The summed E-state index contributed by atoms with van der Waals surface area (Å²) in [4.78, 5) is 23.7. The van der Waals surface area contributed by atoms with Gasteiger partial charge in [0.15, 0.2) is 12.4 Å². The van der Waals surface area contributed by atoms with Crippen LogP contribution in [0.4, 0.5) is 4.79 Å². The molecule has 3 atom stereocenters. The molecule has 1 amide bonds. The van der Waals surface area contributed by atoms with Crippen LogP contribution in [0.1, 0.15) is 0 Å². The first-order chi connectivity index (χ1) is 5.65. The smallest absolute Gasteiger partial charge is 0.433 e. The van der Waals surface area contributed by atoms with Crippen LogP contribution in [0.5, 0.6) is 0 Å². The van der Waals surface area contributed by atoms with Crippen molar-refractivity contribution in [1.29, 1.82) is 0 Å². The maximum Gasteiger partial charge on any atom is 0.433 e. The Hall–Kier alpha value is -1.27. The van der Waals surface area contributed by atoms with Gasteiger partial charge >= 0.3 is 6.09 Å². The van der Waals surface area contributed by atoms with Crippen LogP contribution in [0, 0.1) is 0 Å². The van der Waals surface area contributed by atoms with Gasteiger partial charge in [0, 0.05) is 6.21 Å². The van der Waals surface area contributed by atoms with Crippen molar-refractivity contribution in [1.82, 2.24) is 0 Å². The number of carbonyl (C=O) groups excluding carboxylic acids is 2. The molecule has 6 heteroatoms. The lowest BCUT2D eigenvalue weighted by Crippen LogP contribution is -2.44. The molecule has 0 aromatic rings. The molecule has 0 bridgehead atoms. The number of hydrogen-bond acceptors (Lipinski definition) is 5. The summed E-state index contributed by atoms with van der Waals surface area (Å²) in [5, 5.41) is 17.9. The Kier molecular flexibility index (Phi) is 2.51. The second-order valence-electron chi connectivity index (χ2n) is 2.24. The van der Waals surface area contributed by atoms with Crippen LogP contribution in [-0.2, 0) is 9.53 Å². The van der Waals surface area contributed by atoms with Gasteiger partial charge < -0.3 is 19.7 Å². The number of cyclic esters (lactones) is 1. The zero-order chi connectivity index (χ0) is 9.14. The van der Waals surface area contributed by atoms with Crippen molar-refractivity contribution in [3.05, 3.63) is 0 Å². The molecule has 1 rings (SSSR count). The van der Waals surface area contributed by atoms with Crippen molar-refractivity contribution in [2.45, 2.75) is 18.3 Å². The highest BCUT2D eigenvalue weighted by Gasteiger charge is 2.32. The van der Waals surface area contributed by atoms with E-state index in [-0.39, 0.29) is 6.29 Å². The fraction of sp³-hybridized carbons (Fsp3) is 0.500. The maximum absolute atomic E-state index is 10.5. The van der Waals surface area contributed by atoms with Crippen LogP contribution in [0.2, 0.25) is 0 Å². The zero-order valence-corrected chi connectivity index (χ0v) is 5.95. The second kappa shape index (κ2) is 3.42. The third kappa shape index (κ3) is 1.66. The highest BCUT2D eigenvalue weighted by atomic mass is 16.6. The van der Waals surface area contributed by atoms with Crippen molar-refractivity contribution >= 4 is 18.6 Å². The summed E-state index contributed by atoms with van der Waals surface area (Å²) in [5.41, 5.74) is 0. The fourth-order valence-corrected chi connectivity index (χ4v) is 0.788. The minimum atomic E-state index is -1.52. The molecule has 0 saturated carbocycles. The van der Waals surface area contributed by atoms with Gasteiger partial charge in [-0.05, 0) is 0 Å². The third-order valence-electron chi connectivity index (χ3n) is 1.38. The Morgan fingerprint density at radius 2 is 2.42 bits per heavy atom. The summed E-state index contributed by atoms with van der Waals surface area (Å²) in [5.74, 6) is 0. The quantitative estimate of drug-likeness (QED) is 0.495. The molecule has 6 nitrogen and oxygen atoms in total. The monoisotopic (exact) mass is 173 g/mol. The molecule has 0 aromatic heterocycles. The van der Waals surface area contributed by atoms with E-state index in [1.54, 1.807) is 0 Å². The van der Waals surface area contributed by atoms with E-state index in [1.165, 1.54) is 0 Å². The van der Waals surface area contributed by atoms with Crippen LogP contribution in [0.3, 0.4) is 0 Å². The summed E-state index contributed by atoms with van der Waals surface area (Å²) >= 11 is 0. The lowest BCUT2D eigenvalue weighted by Gasteiger charge is -2.23. The van der Waals surface area contributed by atoms with E-state index in [9.17, 15) is 9.59 Å². The van der Waals surface area contributed by atoms with Crippen LogP contribution < -0.4 is 0 Å². The number of rotatable bonds is 2. The Labute approximate surface area is 67.5 Å². The van der Waals surface area contributed by atoms with Gasteiger partial charge in [0.2, 0.25) is 0 Å². The standard InChI is InChI=1S/C6H7NO5/c8-2-4(10)5-3(9)1-7-6(11)12-5/h1-5,9-10H. The average Bonchev–Trinajstić information content (AvgIpc) is 2.08. The van der Waals surface area contributed by atoms with Gasteiger partial charge in [-0.25, -0.2) is 4.79 Å². The van der Waals surface area contributed by atoms with E-state index in [0.717, 1.165) is 6.21 Å². The number of nitrogens with zero attached hydrogens (tertiary/aromatic N) is 1. The highest BCUT2D eigenvalue weighted by molar-refractivity contribution is 5.84. The Morgan fingerprint density at radius 1 is 1.75 bits per heavy atom. The highest BCUT2D eigenvalue weighted by Crippen LogP contribution is 2.08. The van der Waals surface area contributed by atoms with Crippen molar-refractivity contribution in [3.8, 4) is 0 Å². The molecule has 0 radical (unpaired) electrons. The minimum absolute atomic E-state index is 0.181. The van der Waals surface area contributed by atoms with Gasteiger partial charge in [0.05, 0.1) is 0 Å². The number of aliphatic imine (C=N–C) groups is 1. The molecule has 0 saturated heterocycles.